The van der Waals surface area contributed by atoms with Crippen LogP contribution < -0.4 is 5.32 Å². The summed E-state index contributed by atoms with van der Waals surface area (Å²) in [5.41, 5.74) is 4.29. The number of halogens is 1. The lowest BCUT2D eigenvalue weighted by Crippen LogP contribution is -2.25. The molecular weight excluding hydrogens is 220 g/mol. The Balaban J connectivity index is 0.00000128. The lowest BCUT2D eigenvalue weighted by atomic mass is 10.1. The van der Waals surface area contributed by atoms with Gasteiger partial charge in [-0.25, -0.2) is 0 Å². The quantitative estimate of drug-likeness (QED) is 0.874. The van der Waals surface area contributed by atoms with Crippen LogP contribution in [0.2, 0.25) is 0 Å². The average molecular weight is 241 g/mol. The Kier molecular flexibility index (Phi) is 4.63. The first-order chi connectivity index (χ1) is 7.18. The molecule has 3 heteroatoms. The van der Waals surface area contributed by atoms with Gasteiger partial charge in [0.1, 0.15) is 0 Å². The normalized spacial score (nSPS) is 13.6. The van der Waals surface area contributed by atoms with Crippen LogP contribution >= 0.6 is 12.4 Å². The highest BCUT2D eigenvalue weighted by Gasteiger charge is 2.15. The molecule has 0 unspecified atom stereocenters. The molecule has 0 bridgehead atoms. The van der Waals surface area contributed by atoms with Gasteiger partial charge in [-0.15, -0.1) is 12.4 Å². The minimum Gasteiger partial charge on any atom is -0.384 e. The zero-order valence-electron chi connectivity index (χ0n) is 10.3. The highest BCUT2D eigenvalue weighted by molar-refractivity contribution is 5.85. The molecule has 0 aliphatic carbocycles. The van der Waals surface area contributed by atoms with Gasteiger partial charge in [0.15, 0.2) is 0 Å². The van der Waals surface area contributed by atoms with E-state index in [0.717, 1.165) is 13.1 Å². The number of hydrogen-bond donors (Lipinski definition) is 1. The Morgan fingerprint density at radius 1 is 1.38 bits per heavy atom. The summed E-state index contributed by atoms with van der Waals surface area (Å²) in [6.45, 7) is 6.60. The summed E-state index contributed by atoms with van der Waals surface area (Å²) in [7, 11) is 2.18. The summed E-state index contributed by atoms with van der Waals surface area (Å²) in [5, 5.41) is 3.49. The molecule has 0 radical (unpaired) electrons. The predicted molar refractivity (Wildman–Crippen MR) is 72.5 cm³/mol. The van der Waals surface area contributed by atoms with E-state index in [9.17, 15) is 0 Å². The van der Waals surface area contributed by atoms with Crippen LogP contribution in [0.1, 0.15) is 25.0 Å². The van der Waals surface area contributed by atoms with Crippen molar-refractivity contribution in [3.8, 4) is 0 Å². The van der Waals surface area contributed by atoms with Crippen LogP contribution in [-0.2, 0) is 13.0 Å². The van der Waals surface area contributed by atoms with Crippen molar-refractivity contribution in [3.05, 3.63) is 29.3 Å². The molecule has 1 aromatic rings. The number of hydrogen-bond acceptors (Lipinski definition) is 2. The molecule has 1 aliphatic rings. The van der Waals surface area contributed by atoms with Crippen molar-refractivity contribution in [1.82, 2.24) is 4.90 Å². The first-order valence-electron chi connectivity index (χ1n) is 5.73. The average Bonchev–Trinajstić information content (AvgIpc) is 2.66. The van der Waals surface area contributed by atoms with Crippen molar-refractivity contribution < 1.29 is 0 Å². The van der Waals surface area contributed by atoms with Crippen LogP contribution in [0, 0.1) is 0 Å². The van der Waals surface area contributed by atoms with Crippen LogP contribution in [-0.4, -0.2) is 24.5 Å². The van der Waals surface area contributed by atoms with E-state index in [-0.39, 0.29) is 12.4 Å². The second-order valence-corrected chi connectivity index (χ2v) is 4.64. The van der Waals surface area contributed by atoms with Gasteiger partial charge >= 0.3 is 0 Å². The molecule has 1 aliphatic heterocycles. The highest BCUT2D eigenvalue weighted by atomic mass is 35.5. The van der Waals surface area contributed by atoms with Gasteiger partial charge in [-0.3, -0.25) is 4.90 Å². The van der Waals surface area contributed by atoms with Gasteiger partial charge in [-0.2, -0.15) is 0 Å². The van der Waals surface area contributed by atoms with Crippen molar-refractivity contribution in [2.45, 2.75) is 32.9 Å². The summed E-state index contributed by atoms with van der Waals surface area (Å²) in [4.78, 5) is 2.37. The van der Waals surface area contributed by atoms with Crippen LogP contribution in [0.5, 0.6) is 0 Å². The van der Waals surface area contributed by atoms with Crippen molar-refractivity contribution in [2.75, 3.05) is 18.9 Å². The third-order valence-electron chi connectivity index (χ3n) is 3.23. The second kappa shape index (κ2) is 5.55. The topological polar surface area (TPSA) is 15.3 Å². The third kappa shape index (κ3) is 2.69. The summed E-state index contributed by atoms with van der Waals surface area (Å²) < 4.78 is 0. The molecule has 1 heterocycles. The van der Waals surface area contributed by atoms with Crippen LogP contribution in [0.4, 0.5) is 5.69 Å². The second-order valence-electron chi connectivity index (χ2n) is 4.64. The van der Waals surface area contributed by atoms with Gasteiger partial charge in [-0.1, -0.05) is 18.2 Å². The van der Waals surface area contributed by atoms with E-state index in [2.05, 4.69) is 49.3 Å². The molecular formula is C13H21ClN2. The van der Waals surface area contributed by atoms with Gasteiger partial charge in [-0.05, 0) is 38.4 Å². The van der Waals surface area contributed by atoms with E-state index < -0.39 is 0 Å². The summed E-state index contributed by atoms with van der Waals surface area (Å²) >= 11 is 0. The maximum Gasteiger partial charge on any atom is 0.0419 e. The van der Waals surface area contributed by atoms with E-state index >= 15 is 0 Å². The molecule has 1 N–H and O–H groups in total. The molecule has 0 aromatic heterocycles. The Morgan fingerprint density at radius 3 is 2.81 bits per heavy atom. The molecule has 2 nitrogen and oxygen atoms in total. The molecule has 2 rings (SSSR count). The monoisotopic (exact) mass is 240 g/mol. The summed E-state index contributed by atoms with van der Waals surface area (Å²) in [6, 6.07) is 7.24. The van der Waals surface area contributed by atoms with Gasteiger partial charge in [0.25, 0.3) is 0 Å². The van der Waals surface area contributed by atoms with Crippen molar-refractivity contribution in [3.63, 3.8) is 0 Å². The van der Waals surface area contributed by atoms with Gasteiger partial charge < -0.3 is 5.32 Å². The number of rotatable bonds is 3. The third-order valence-corrected chi connectivity index (χ3v) is 3.23. The van der Waals surface area contributed by atoms with Gasteiger partial charge in [0.2, 0.25) is 0 Å². The van der Waals surface area contributed by atoms with Crippen LogP contribution in [0.3, 0.4) is 0 Å². The van der Waals surface area contributed by atoms with Gasteiger partial charge in [0.05, 0.1) is 0 Å². The van der Waals surface area contributed by atoms with Crippen LogP contribution in [0.25, 0.3) is 0 Å². The standard InChI is InChI=1S/C13H20N2.ClH/c1-10(2)15(3)9-12-6-4-5-11-7-8-14-13(11)12;/h4-6,10,14H,7-9H2,1-3H3;1H. The summed E-state index contributed by atoms with van der Waals surface area (Å²) in [6.07, 6.45) is 1.18. The number of fused-ring (bicyclic) bond motifs is 1. The molecule has 1 aromatic carbocycles. The zero-order valence-corrected chi connectivity index (χ0v) is 11.1. The highest BCUT2D eigenvalue weighted by Crippen LogP contribution is 2.27. The van der Waals surface area contributed by atoms with Crippen LogP contribution in [0.15, 0.2) is 18.2 Å². The van der Waals surface area contributed by atoms with Crippen molar-refractivity contribution in [1.29, 1.82) is 0 Å². The molecule has 0 spiro atoms. The lowest BCUT2D eigenvalue weighted by molar-refractivity contribution is 0.266. The molecule has 0 fully saturated rings. The Morgan fingerprint density at radius 2 is 2.12 bits per heavy atom. The largest absolute Gasteiger partial charge is 0.384 e. The molecule has 90 valence electrons. The maximum atomic E-state index is 3.49. The number of para-hydroxylation sites is 1. The first-order valence-corrected chi connectivity index (χ1v) is 5.73. The van der Waals surface area contributed by atoms with E-state index in [0.29, 0.717) is 6.04 Å². The van der Waals surface area contributed by atoms with Gasteiger partial charge in [0, 0.05) is 24.8 Å². The Hall–Kier alpha value is -0.730. The maximum absolute atomic E-state index is 3.49. The number of benzene rings is 1. The molecule has 0 amide bonds. The van der Waals surface area contributed by atoms with Crippen molar-refractivity contribution in [2.24, 2.45) is 0 Å². The lowest BCUT2D eigenvalue weighted by Gasteiger charge is -2.22. The SMILES string of the molecule is CC(C)N(C)Cc1cccc2c1NCC2.Cl. The Bertz CT molecular complexity index is 350. The van der Waals surface area contributed by atoms with E-state index in [4.69, 9.17) is 0 Å². The fourth-order valence-corrected chi connectivity index (χ4v) is 1.99. The van der Waals surface area contributed by atoms with Crippen molar-refractivity contribution >= 4 is 18.1 Å². The van der Waals surface area contributed by atoms with E-state index in [1.54, 1.807) is 0 Å². The number of nitrogens with zero attached hydrogens (tertiary/aromatic N) is 1. The van der Waals surface area contributed by atoms with E-state index in [1.165, 1.54) is 23.2 Å². The molecule has 0 saturated carbocycles. The molecule has 0 atom stereocenters. The minimum absolute atomic E-state index is 0. The number of nitrogens with one attached hydrogen (secondary N) is 1. The molecule has 0 saturated heterocycles. The number of anilines is 1. The smallest absolute Gasteiger partial charge is 0.0419 e. The fraction of sp³-hybridized carbons (Fsp3) is 0.538. The Labute approximate surface area is 104 Å². The minimum atomic E-state index is 0. The fourth-order valence-electron chi connectivity index (χ4n) is 1.99. The zero-order chi connectivity index (χ0) is 10.8. The first kappa shape index (κ1) is 13.3. The van der Waals surface area contributed by atoms with E-state index in [1.807, 2.05) is 0 Å². The predicted octanol–water partition coefficient (Wildman–Crippen LogP) is 2.92. The summed E-state index contributed by atoms with van der Waals surface area (Å²) in [5.74, 6) is 0. The molecule has 16 heavy (non-hydrogen) atoms.